The Morgan fingerprint density at radius 2 is 1.95 bits per heavy atom. The molecule has 0 radical (unpaired) electrons. The molecule has 2 heterocycles. The molecule has 3 aromatic rings. The van der Waals surface area contributed by atoms with Crippen LogP contribution in [0.25, 0.3) is 0 Å². The lowest BCUT2D eigenvalue weighted by molar-refractivity contribution is 0.102. The zero-order chi connectivity index (χ0) is 15.4. The second kappa shape index (κ2) is 6.36. The van der Waals surface area contributed by atoms with E-state index in [2.05, 4.69) is 20.6 Å². The summed E-state index contributed by atoms with van der Waals surface area (Å²) in [5, 5.41) is 8.24. The molecule has 0 aliphatic rings. The van der Waals surface area contributed by atoms with Gasteiger partial charge in [-0.2, -0.15) is 0 Å². The summed E-state index contributed by atoms with van der Waals surface area (Å²) < 4.78 is 0. The first-order valence-electron chi connectivity index (χ1n) is 6.72. The minimum atomic E-state index is -0.228. The van der Waals surface area contributed by atoms with Gasteiger partial charge in [0.25, 0.3) is 5.91 Å². The van der Waals surface area contributed by atoms with E-state index in [1.807, 2.05) is 49.4 Å². The van der Waals surface area contributed by atoms with Gasteiger partial charge in [0.1, 0.15) is 11.5 Å². The lowest BCUT2D eigenvalue weighted by Crippen LogP contribution is -2.12. The summed E-state index contributed by atoms with van der Waals surface area (Å²) >= 11 is 1.36. The topological polar surface area (TPSA) is 66.9 Å². The molecule has 5 nitrogen and oxygen atoms in total. The fraction of sp³-hybridized carbons (Fsp3) is 0.0625. The summed E-state index contributed by atoms with van der Waals surface area (Å²) in [6, 6.07) is 13.2. The quantitative estimate of drug-likeness (QED) is 0.768. The van der Waals surface area contributed by atoms with Gasteiger partial charge in [-0.15, -0.1) is 11.3 Å². The molecule has 0 aliphatic heterocycles. The molecule has 2 N–H and O–H groups in total. The van der Waals surface area contributed by atoms with Gasteiger partial charge in [-0.1, -0.05) is 23.8 Å². The molecule has 2 aromatic heterocycles. The number of thiazole rings is 1. The fourth-order valence-corrected chi connectivity index (χ4v) is 2.51. The molecule has 0 aliphatic carbocycles. The highest BCUT2D eigenvalue weighted by Crippen LogP contribution is 2.20. The first-order valence-corrected chi connectivity index (χ1v) is 7.60. The Morgan fingerprint density at radius 1 is 1.14 bits per heavy atom. The number of hydrogen-bond donors (Lipinski definition) is 2. The van der Waals surface area contributed by atoms with Crippen molar-refractivity contribution in [2.45, 2.75) is 6.92 Å². The zero-order valence-electron chi connectivity index (χ0n) is 11.9. The summed E-state index contributed by atoms with van der Waals surface area (Å²) in [6.07, 6.45) is 1.70. The van der Waals surface area contributed by atoms with Gasteiger partial charge in [0, 0.05) is 17.3 Å². The van der Waals surface area contributed by atoms with Crippen molar-refractivity contribution in [1.29, 1.82) is 0 Å². The van der Waals surface area contributed by atoms with E-state index >= 15 is 0 Å². The number of nitrogens with zero attached hydrogens (tertiary/aromatic N) is 2. The number of nitrogens with one attached hydrogen (secondary N) is 2. The SMILES string of the molecule is Cc1ccc(NC(=O)c2csc(Nc3ccccn3)n2)cc1. The van der Waals surface area contributed by atoms with Crippen LogP contribution in [0.2, 0.25) is 0 Å². The van der Waals surface area contributed by atoms with Crippen LogP contribution in [0.3, 0.4) is 0 Å². The lowest BCUT2D eigenvalue weighted by atomic mass is 10.2. The molecule has 0 unspecified atom stereocenters. The molecule has 1 aromatic carbocycles. The van der Waals surface area contributed by atoms with Crippen LogP contribution in [0.1, 0.15) is 16.1 Å². The van der Waals surface area contributed by atoms with Crippen LogP contribution in [-0.4, -0.2) is 15.9 Å². The molecular formula is C16H14N4OS. The van der Waals surface area contributed by atoms with Gasteiger partial charge < -0.3 is 10.6 Å². The summed E-state index contributed by atoms with van der Waals surface area (Å²) in [5.74, 6) is 0.469. The number of carbonyl (C=O) groups excluding carboxylic acids is 1. The van der Waals surface area contributed by atoms with Gasteiger partial charge in [0.05, 0.1) is 0 Å². The monoisotopic (exact) mass is 310 g/mol. The molecule has 0 fully saturated rings. The van der Waals surface area contributed by atoms with Crippen molar-refractivity contribution in [3.8, 4) is 0 Å². The van der Waals surface area contributed by atoms with Crippen LogP contribution in [0.4, 0.5) is 16.6 Å². The number of anilines is 3. The predicted molar refractivity (Wildman–Crippen MR) is 88.8 cm³/mol. The van der Waals surface area contributed by atoms with Crippen molar-refractivity contribution in [2.24, 2.45) is 0 Å². The van der Waals surface area contributed by atoms with Crippen LogP contribution in [0, 0.1) is 6.92 Å². The summed E-state index contributed by atoms with van der Waals surface area (Å²) in [5.41, 5.74) is 2.28. The Balaban J connectivity index is 1.67. The number of aryl methyl sites for hydroxylation is 1. The standard InChI is InChI=1S/C16H14N4OS/c1-11-5-7-12(8-6-11)18-15(21)13-10-22-16(19-13)20-14-4-2-3-9-17-14/h2-10H,1H3,(H,18,21)(H,17,19,20). The molecule has 3 rings (SSSR count). The van der Waals surface area contributed by atoms with E-state index < -0.39 is 0 Å². The van der Waals surface area contributed by atoms with Crippen molar-refractivity contribution in [3.05, 3.63) is 65.3 Å². The maximum absolute atomic E-state index is 12.2. The van der Waals surface area contributed by atoms with E-state index in [1.54, 1.807) is 11.6 Å². The third-order valence-corrected chi connectivity index (χ3v) is 3.70. The summed E-state index contributed by atoms with van der Waals surface area (Å²) in [6.45, 7) is 2.00. The highest BCUT2D eigenvalue weighted by atomic mass is 32.1. The minimum absolute atomic E-state index is 0.228. The molecule has 0 atom stereocenters. The largest absolute Gasteiger partial charge is 0.321 e. The van der Waals surface area contributed by atoms with Crippen LogP contribution < -0.4 is 10.6 Å². The number of amides is 1. The first-order chi connectivity index (χ1) is 10.7. The van der Waals surface area contributed by atoms with Crippen molar-refractivity contribution in [2.75, 3.05) is 10.6 Å². The first kappa shape index (κ1) is 14.2. The van der Waals surface area contributed by atoms with Crippen LogP contribution in [-0.2, 0) is 0 Å². The zero-order valence-corrected chi connectivity index (χ0v) is 12.7. The third-order valence-electron chi connectivity index (χ3n) is 2.95. The van der Waals surface area contributed by atoms with Crippen molar-refractivity contribution in [3.63, 3.8) is 0 Å². The Labute approximate surface area is 132 Å². The minimum Gasteiger partial charge on any atom is -0.321 e. The maximum Gasteiger partial charge on any atom is 0.275 e. The second-order valence-corrected chi connectivity index (χ2v) is 5.56. The van der Waals surface area contributed by atoms with Gasteiger partial charge in [-0.3, -0.25) is 4.79 Å². The Bertz CT molecular complexity index is 768. The van der Waals surface area contributed by atoms with E-state index in [0.717, 1.165) is 11.3 Å². The molecule has 22 heavy (non-hydrogen) atoms. The highest BCUT2D eigenvalue weighted by molar-refractivity contribution is 7.14. The van der Waals surface area contributed by atoms with Gasteiger partial charge in [-0.25, -0.2) is 9.97 Å². The van der Waals surface area contributed by atoms with Crippen molar-refractivity contribution < 1.29 is 4.79 Å². The van der Waals surface area contributed by atoms with Gasteiger partial charge >= 0.3 is 0 Å². The van der Waals surface area contributed by atoms with Crippen molar-refractivity contribution >= 4 is 33.9 Å². The van der Waals surface area contributed by atoms with Gasteiger partial charge in [-0.05, 0) is 31.2 Å². The second-order valence-electron chi connectivity index (χ2n) is 4.70. The maximum atomic E-state index is 12.2. The molecule has 0 saturated heterocycles. The number of aromatic nitrogens is 2. The molecular weight excluding hydrogens is 296 g/mol. The van der Waals surface area contributed by atoms with Gasteiger partial charge in [0.15, 0.2) is 5.13 Å². The van der Waals surface area contributed by atoms with E-state index in [9.17, 15) is 4.79 Å². The smallest absolute Gasteiger partial charge is 0.275 e. The summed E-state index contributed by atoms with van der Waals surface area (Å²) in [4.78, 5) is 20.6. The molecule has 0 bridgehead atoms. The van der Waals surface area contributed by atoms with Gasteiger partial charge in [0.2, 0.25) is 0 Å². The Morgan fingerprint density at radius 3 is 2.68 bits per heavy atom. The lowest BCUT2D eigenvalue weighted by Gasteiger charge is -2.03. The van der Waals surface area contributed by atoms with Crippen LogP contribution in [0.5, 0.6) is 0 Å². The fourth-order valence-electron chi connectivity index (χ4n) is 1.81. The van der Waals surface area contributed by atoms with Crippen molar-refractivity contribution in [1.82, 2.24) is 9.97 Å². The number of carbonyl (C=O) groups is 1. The van der Waals surface area contributed by atoms with E-state index in [0.29, 0.717) is 16.6 Å². The average Bonchev–Trinajstić information content (AvgIpc) is 2.99. The average molecular weight is 310 g/mol. The Kier molecular flexibility index (Phi) is 4.11. The molecule has 0 spiro atoms. The predicted octanol–water partition coefficient (Wildman–Crippen LogP) is 3.84. The molecule has 0 saturated carbocycles. The van der Waals surface area contributed by atoms with Crippen LogP contribution >= 0.6 is 11.3 Å². The van der Waals surface area contributed by atoms with E-state index in [-0.39, 0.29) is 5.91 Å². The Hall–Kier alpha value is -2.73. The van der Waals surface area contributed by atoms with E-state index in [4.69, 9.17) is 0 Å². The molecule has 6 heteroatoms. The number of hydrogen-bond acceptors (Lipinski definition) is 5. The normalized spacial score (nSPS) is 10.2. The molecule has 1 amide bonds. The molecule has 110 valence electrons. The highest BCUT2D eigenvalue weighted by Gasteiger charge is 2.11. The third kappa shape index (κ3) is 3.48. The van der Waals surface area contributed by atoms with Crippen LogP contribution in [0.15, 0.2) is 54.0 Å². The number of pyridine rings is 1. The number of benzene rings is 1. The van der Waals surface area contributed by atoms with E-state index in [1.165, 1.54) is 11.3 Å². The number of rotatable bonds is 4. The summed E-state index contributed by atoms with van der Waals surface area (Å²) in [7, 11) is 0.